The zero-order valence-electron chi connectivity index (χ0n) is 15.0. The summed E-state index contributed by atoms with van der Waals surface area (Å²) in [7, 11) is 0. The summed E-state index contributed by atoms with van der Waals surface area (Å²) in [6.45, 7) is 2.77. The fraction of sp³-hybridized carbons (Fsp3) is 0.409. The van der Waals surface area contributed by atoms with Crippen molar-refractivity contribution in [3.8, 4) is 0 Å². The highest BCUT2D eigenvalue weighted by atomic mass is 15.2. The number of nitrogens with zero attached hydrogens (tertiary/aromatic N) is 1. The Bertz CT molecular complexity index is 597. The summed E-state index contributed by atoms with van der Waals surface area (Å²) >= 11 is 0. The molecule has 0 aromatic heterocycles. The topological polar surface area (TPSA) is 36.4 Å². The maximum Gasteiger partial charge on any atom is 0.191 e. The highest BCUT2D eigenvalue weighted by molar-refractivity contribution is 5.79. The number of nitrogens with one attached hydrogen (secondary N) is 2. The maximum atomic E-state index is 4.74. The van der Waals surface area contributed by atoms with E-state index in [9.17, 15) is 0 Å². The van der Waals surface area contributed by atoms with E-state index >= 15 is 0 Å². The molecule has 1 aliphatic rings. The van der Waals surface area contributed by atoms with E-state index in [1.54, 1.807) is 0 Å². The molecule has 0 radical (unpaired) electrons. The summed E-state index contributed by atoms with van der Waals surface area (Å²) in [4.78, 5) is 4.74. The molecule has 1 heterocycles. The lowest BCUT2D eigenvalue weighted by Gasteiger charge is -2.21. The summed E-state index contributed by atoms with van der Waals surface area (Å²) in [6, 6.07) is 21.5. The Morgan fingerprint density at radius 1 is 0.800 bits per heavy atom. The van der Waals surface area contributed by atoms with Crippen molar-refractivity contribution in [3.63, 3.8) is 0 Å². The molecule has 2 aromatic carbocycles. The Morgan fingerprint density at radius 2 is 1.40 bits per heavy atom. The molecule has 0 unspecified atom stereocenters. The van der Waals surface area contributed by atoms with Gasteiger partial charge in [-0.05, 0) is 24.0 Å². The van der Waals surface area contributed by atoms with Gasteiger partial charge in [-0.2, -0.15) is 0 Å². The number of guanidine groups is 1. The number of aliphatic imine (C=N–C) groups is 1. The van der Waals surface area contributed by atoms with E-state index in [0.29, 0.717) is 5.92 Å². The minimum Gasteiger partial charge on any atom is -0.356 e. The SMILES string of the molecule is c1ccc(C(CNC2=NCCCCCCCN2)c2ccccc2)cc1. The normalized spacial score (nSPS) is 16.0. The van der Waals surface area contributed by atoms with Gasteiger partial charge in [-0.15, -0.1) is 0 Å². The highest BCUT2D eigenvalue weighted by Crippen LogP contribution is 2.23. The van der Waals surface area contributed by atoms with Crippen LogP contribution in [0.1, 0.15) is 49.1 Å². The van der Waals surface area contributed by atoms with Crippen molar-refractivity contribution in [1.82, 2.24) is 10.6 Å². The number of hydrogen-bond donors (Lipinski definition) is 2. The third kappa shape index (κ3) is 5.63. The van der Waals surface area contributed by atoms with Crippen molar-refractivity contribution in [2.24, 2.45) is 4.99 Å². The molecule has 2 aromatic rings. The van der Waals surface area contributed by atoms with Gasteiger partial charge in [0.15, 0.2) is 5.96 Å². The van der Waals surface area contributed by atoms with Gasteiger partial charge in [0, 0.05) is 25.6 Å². The van der Waals surface area contributed by atoms with Crippen LogP contribution >= 0.6 is 0 Å². The standard InChI is InChI=1S/C22H29N3/c1-2-10-16-23-22(24-17-11-3-1)25-18-21(19-12-6-4-7-13-19)20-14-8-5-9-15-20/h4-9,12-15,21H,1-3,10-11,16-18H2,(H2,23,24,25). The predicted molar refractivity (Wildman–Crippen MR) is 106 cm³/mol. The molecular weight excluding hydrogens is 306 g/mol. The van der Waals surface area contributed by atoms with Crippen LogP contribution in [0, 0.1) is 0 Å². The van der Waals surface area contributed by atoms with Gasteiger partial charge in [0.2, 0.25) is 0 Å². The van der Waals surface area contributed by atoms with Crippen LogP contribution in [-0.4, -0.2) is 25.6 Å². The van der Waals surface area contributed by atoms with Crippen molar-refractivity contribution < 1.29 is 0 Å². The first-order valence-corrected chi connectivity index (χ1v) is 9.55. The quantitative estimate of drug-likeness (QED) is 0.873. The van der Waals surface area contributed by atoms with Gasteiger partial charge in [0.1, 0.15) is 0 Å². The van der Waals surface area contributed by atoms with Gasteiger partial charge in [-0.25, -0.2) is 0 Å². The summed E-state index contributed by atoms with van der Waals surface area (Å²) < 4.78 is 0. The van der Waals surface area contributed by atoms with Crippen LogP contribution in [0.5, 0.6) is 0 Å². The third-order valence-corrected chi connectivity index (χ3v) is 4.77. The molecule has 1 aliphatic heterocycles. The van der Waals surface area contributed by atoms with Crippen molar-refractivity contribution in [2.75, 3.05) is 19.6 Å². The van der Waals surface area contributed by atoms with Crippen LogP contribution in [-0.2, 0) is 0 Å². The predicted octanol–water partition coefficient (Wildman–Crippen LogP) is 4.32. The molecule has 0 amide bonds. The van der Waals surface area contributed by atoms with E-state index in [2.05, 4.69) is 71.3 Å². The number of hydrogen-bond acceptors (Lipinski definition) is 3. The lowest BCUT2D eigenvalue weighted by atomic mass is 9.91. The molecular formula is C22H29N3. The molecule has 3 rings (SSSR count). The Hall–Kier alpha value is -2.29. The monoisotopic (exact) mass is 335 g/mol. The molecule has 0 atom stereocenters. The van der Waals surface area contributed by atoms with Crippen LogP contribution < -0.4 is 10.6 Å². The first kappa shape index (κ1) is 17.5. The van der Waals surface area contributed by atoms with Gasteiger partial charge < -0.3 is 10.6 Å². The second kappa shape index (κ2) is 9.87. The van der Waals surface area contributed by atoms with E-state index in [0.717, 1.165) is 25.6 Å². The van der Waals surface area contributed by atoms with Crippen molar-refractivity contribution in [2.45, 2.75) is 38.0 Å². The van der Waals surface area contributed by atoms with Gasteiger partial charge in [-0.3, -0.25) is 4.99 Å². The Labute approximate surface area is 151 Å². The average Bonchev–Trinajstić information content (AvgIpc) is 2.68. The third-order valence-electron chi connectivity index (χ3n) is 4.77. The maximum absolute atomic E-state index is 4.74. The lowest BCUT2D eigenvalue weighted by molar-refractivity contribution is 0.594. The minimum atomic E-state index is 0.322. The Balaban J connectivity index is 1.70. The van der Waals surface area contributed by atoms with Crippen molar-refractivity contribution in [3.05, 3.63) is 71.8 Å². The van der Waals surface area contributed by atoms with Crippen LogP contribution in [0.3, 0.4) is 0 Å². The smallest absolute Gasteiger partial charge is 0.191 e. The molecule has 0 bridgehead atoms. The molecule has 132 valence electrons. The van der Waals surface area contributed by atoms with E-state index < -0.39 is 0 Å². The molecule has 25 heavy (non-hydrogen) atoms. The fourth-order valence-electron chi connectivity index (χ4n) is 3.34. The van der Waals surface area contributed by atoms with Gasteiger partial charge in [-0.1, -0.05) is 79.9 Å². The zero-order chi connectivity index (χ0) is 17.2. The first-order chi connectivity index (χ1) is 12.4. The van der Waals surface area contributed by atoms with E-state index in [1.807, 2.05) is 0 Å². The zero-order valence-corrected chi connectivity index (χ0v) is 15.0. The van der Waals surface area contributed by atoms with E-state index in [1.165, 1.54) is 43.2 Å². The molecule has 0 spiro atoms. The average molecular weight is 335 g/mol. The molecule has 0 aliphatic carbocycles. The summed E-state index contributed by atoms with van der Waals surface area (Å²) in [5.41, 5.74) is 2.67. The largest absolute Gasteiger partial charge is 0.356 e. The molecule has 0 fully saturated rings. The molecule has 3 heteroatoms. The van der Waals surface area contributed by atoms with Gasteiger partial charge >= 0.3 is 0 Å². The lowest BCUT2D eigenvalue weighted by Crippen LogP contribution is -2.40. The van der Waals surface area contributed by atoms with Crippen molar-refractivity contribution in [1.29, 1.82) is 0 Å². The van der Waals surface area contributed by atoms with Crippen LogP contribution in [0.2, 0.25) is 0 Å². The number of rotatable bonds is 4. The minimum absolute atomic E-state index is 0.322. The fourth-order valence-corrected chi connectivity index (χ4v) is 3.34. The molecule has 0 saturated carbocycles. The second-order valence-corrected chi connectivity index (χ2v) is 6.68. The Morgan fingerprint density at radius 3 is 2.08 bits per heavy atom. The van der Waals surface area contributed by atoms with Gasteiger partial charge in [0.05, 0.1) is 0 Å². The molecule has 2 N–H and O–H groups in total. The second-order valence-electron chi connectivity index (χ2n) is 6.68. The Kier molecular flexibility index (Phi) is 6.92. The van der Waals surface area contributed by atoms with E-state index in [-0.39, 0.29) is 0 Å². The first-order valence-electron chi connectivity index (χ1n) is 9.55. The summed E-state index contributed by atoms with van der Waals surface area (Å²) in [5.74, 6) is 1.28. The van der Waals surface area contributed by atoms with Crippen LogP contribution in [0.25, 0.3) is 0 Å². The van der Waals surface area contributed by atoms with Crippen molar-refractivity contribution >= 4 is 5.96 Å². The summed E-state index contributed by atoms with van der Waals surface area (Å²) in [5, 5.41) is 7.06. The molecule has 3 nitrogen and oxygen atoms in total. The van der Waals surface area contributed by atoms with Crippen LogP contribution in [0.4, 0.5) is 0 Å². The van der Waals surface area contributed by atoms with Gasteiger partial charge in [0.25, 0.3) is 0 Å². The highest BCUT2D eigenvalue weighted by Gasteiger charge is 2.14. The van der Waals surface area contributed by atoms with Crippen LogP contribution in [0.15, 0.2) is 65.7 Å². The number of benzene rings is 2. The summed E-state index contributed by atoms with van der Waals surface area (Å²) in [6.07, 6.45) is 6.36. The molecule has 0 saturated heterocycles. The van der Waals surface area contributed by atoms with E-state index in [4.69, 9.17) is 4.99 Å².